The van der Waals surface area contributed by atoms with Gasteiger partial charge >= 0.3 is 6.09 Å². The van der Waals surface area contributed by atoms with Crippen molar-refractivity contribution in [2.45, 2.75) is 78.6 Å². The van der Waals surface area contributed by atoms with Crippen molar-refractivity contribution in [3.8, 4) is 0 Å². The maximum Gasteiger partial charge on any atom is 0.410 e. The van der Waals surface area contributed by atoms with E-state index in [1.165, 1.54) is 0 Å². The fraction of sp³-hybridized carbons (Fsp3) is 0.483. The van der Waals surface area contributed by atoms with Crippen molar-refractivity contribution in [2.75, 3.05) is 18.0 Å². The molecule has 9 heteroatoms. The first-order valence-corrected chi connectivity index (χ1v) is 12.9. The third-order valence-electron chi connectivity index (χ3n) is 6.70. The second-order valence-electron chi connectivity index (χ2n) is 11.4. The monoisotopic (exact) mass is 520 g/mol. The number of hydrogen-bond acceptors (Lipinski definition) is 7. The van der Waals surface area contributed by atoms with Gasteiger partial charge in [0.1, 0.15) is 11.4 Å². The lowest BCUT2D eigenvalue weighted by molar-refractivity contribution is -0.128. The molecule has 0 bridgehead atoms. The van der Waals surface area contributed by atoms with E-state index in [0.717, 1.165) is 18.4 Å². The van der Waals surface area contributed by atoms with E-state index in [4.69, 9.17) is 9.57 Å². The number of piperidine rings is 1. The number of hydrogen-bond donors (Lipinski definition) is 0. The number of ether oxygens (including phenoxy) is 1. The molecule has 1 fully saturated rings. The van der Waals surface area contributed by atoms with Gasteiger partial charge in [0.15, 0.2) is 11.3 Å². The van der Waals surface area contributed by atoms with E-state index in [1.807, 2.05) is 46.8 Å². The number of anilines is 1. The molecule has 0 unspecified atom stereocenters. The second kappa shape index (κ2) is 10.2. The van der Waals surface area contributed by atoms with E-state index < -0.39 is 11.2 Å². The Bertz CT molecular complexity index is 1290. The van der Waals surface area contributed by atoms with Crippen molar-refractivity contribution in [2.24, 2.45) is 5.16 Å². The molecule has 9 nitrogen and oxygen atoms in total. The number of oxime groups is 1. The van der Waals surface area contributed by atoms with Crippen LogP contribution >= 0.6 is 0 Å². The van der Waals surface area contributed by atoms with E-state index >= 15 is 0 Å². The Balaban J connectivity index is 1.66. The molecule has 1 atom stereocenters. The van der Waals surface area contributed by atoms with Crippen LogP contribution in [0, 0.1) is 13.8 Å². The minimum Gasteiger partial charge on any atom is -0.444 e. The van der Waals surface area contributed by atoms with Gasteiger partial charge in [-0.15, -0.1) is 0 Å². The predicted octanol–water partition coefficient (Wildman–Crippen LogP) is 4.83. The van der Waals surface area contributed by atoms with Gasteiger partial charge < -0.3 is 14.5 Å². The number of amides is 2. The topological polar surface area (TPSA) is 101 Å². The zero-order valence-electron chi connectivity index (χ0n) is 23.2. The first-order chi connectivity index (χ1) is 17.8. The van der Waals surface area contributed by atoms with Crippen molar-refractivity contribution in [1.29, 1.82) is 0 Å². The molecule has 2 aliphatic heterocycles. The lowest BCUT2D eigenvalue weighted by Crippen LogP contribution is -2.53. The van der Waals surface area contributed by atoms with Gasteiger partial charge in [-0.1, -0.05) is 17.3 Å². The van der Waals surface area contributed by atoms with E-state index in [-0.39, 0.29) is 29.5 Å². The first kappa shape index (κ1) is 27.3. The summed E-state index contributed by atoms with van der Waals surface area (Å²) in [5.41, 5.74) is 1.27. The first-order valence-electron chi connectivity index (χ1n) is 12.9. The van der Waals surface area contributed by atoms with Crippen LogP contribution in [0.4, 0.5) is 10.6 Å². The van der Waals surface area contributed by atoms with E-state index in [0.29, 0.717) is 35.6 Å². The summed E-state index contributed by atoms with van der Waals surface area (Å²) in [5.74, 6) is 0.136. The van der Waals surface area contributed by atoms with Crippen LogP contribution in [0.15, 0.2) is 41.7 Å². The zero-order valence-corrected chi connectivity index (χ0v) is 23.2. The zero-order chi connectivity index (χ0) is 27.8. The van der Waals surface area contributed by atoms with Gasteiger partial charge in [0.25, 0.3) is 5.91 Å². The largest absolute Gasteiger partial charge is 0.444 e. The number of nitrogens with zero attached hydrogens (tertiary/aromatic N) is 4. The average Bonchev–Trinajstić information content (AvgIpc) is 3.11. The lowest BCUT2D eigenvalue weighted by atomic mass is 9.93. The summed E-state index contributed by atoms with van der Waals surface area (Å²) >= 11 is 0. The number of aromatic nitrogens is 1. The highest BCUT2D eigenvalue weighted by molar-refractivity contribution is 6.49. The quantitative estimate of drug-likeness (QED) is 0.573. The van der Waals surface area contributed by atoms with Crippen molar-refractivity contribution >= 4 is 29.3 Å². The normalized spacial score (nSPS) is 19.0. The minimum atomic E-state index is -1.01. The van der Waals surface area contributed by atoms with Gasteiger partial charge in [-0.2, -0.15) is 0 Å². The van der Waals surface area contributed by atoms with Crippen LogP contribution in [-0.2, 0) is 14.4 Å². The fourth-order valence-electron chi connectivity index (χ4n) is 4.71. The van der Waals surface area contributed by atoms with Gasteiger partial charge in [-0.25, -0.2) is 9.78 Å². The molecule has 2 aliphatic rings. The van der Waals surface area contributed by atoms with Crippen LogP contribution < -0.4 is 4.90 Å². The van der Waals surface area contributed by atoms with Gasteiger partial charge in [-0.05, 0) is 90.6 Å². The van der Waals surface area contributed by atoms with Gasteiger partial charge in [0.05, 0.1) is 6.04 Å². The average molecular weight is 521 g/mol. The number of rotatable bonds is 4. The van der Waals surface area contributed by atoms with Crippen LogP contribution in [0.25, 0.3) is 0 Å². The Labute approximate surface area is 223 Å². The Morgan fingerprint density at radius 2 is 1.89 bits per heavy atom. The Hall–Kier alpha value is -3.75. The summed E-state index contributed by atoms with van der Waals surface area (Å²) in [6.45, 7) is 13.5. The van der Waals surface area contributed by atoms with Crippen molar-refractivity contribution in [1.82, 2.24) is 9.88 Å². The lowest BCUT2D eigenvalue weighted by Gasteiger charge is -2.39. The van der Waals surface area contributed by atoms with Crippen LogP contribution in [0.5, 0.6) is 0 Å². The Kier molecular flexibility index (Phi) is 7.32. The Morgan fingerprint density at radius 3 is 2.50 bits per heavy atom. The van der Waals surface area contributed by atoms with Crippen molar-refractivity contribution < 1.29 is 24.0 Å². The fourth-order valence-corrected chi connectivity index (χ4v) is 4.71. The smallest absolute Gasteiger partial charge is 0.410 e. The Morgan fingerprint density at radius 1 is 1.16 bits per heavy atom. The number of pyridine rings is 1. The number of ketones is 1. The minimum absolute atomic E-state index is 0.203. The third-order valence-corrected chi connectivity index (χ3v) is 6.70. The number of Topliss-reactive ketones (excluding diaryl/α,β-unsaturated/α-hetero) is 1. The molecule has 0 N–H and O–H groups in total. The third kappa shape index (κ3) is 5.56. The number of carbonyl (C=O) groups is 3. The van der Waals surface area contributed by atoms with Crippen molar-refractivity contribution in [3.05, 3.63) is 58.8 Å². The van der Waals surface area contributed by atoms with Gasteiger partial charge in [0.2, 0.25) is 5.78 Å². The van der Waals surface area contributed by atoms with Gasteiger partial charge in [0, 0.05) is 30.4 Å². The van der Waals surface area contributed by atoms with Crippen LogP contribution in [0.1, 0.15) is 74.5 Å². The molecule has 1 aromatic carbocycles. The molecule has 4 rings (SSSR count). The summed E-state index contributed by atoms with van der Waals surface area (Å²) in [4.78, 5) is 52.9. The van der Waals surface area contributed by atoms with Crippen molar-refractivity contribution in [3.63, 3.8) is 0 Å². The van der Waals surface area contributed by atoms with Crippen LogP contribution in [0.3, 0.4) is 0 Å². The van der Waals surface area contributed by atoms with Gasteiger partial charge in [-0.3, -0.25) is 14.5 Å². The molecule has 1 saturated heterocycles. The van der Waals surface area contributed by atoms with E-state index in [2.05, 4.69) is 10.1 Å². The maximum atomic E-state index is 14.2. The molecule has 1 aromatic heterocycles. The van der Waals surface area contributed by atoms with E-state index in [1.54, 1.807) is 48.0 Å². The molecule has 2 aromatic rings. The highest BCUT2D eigenvalue weighted by Crippen LogP contribution is 2.29. The number of likely N-dealkylation sites (tertiary alicyclic amines) is 1. The summed E-state index contributed by atoms with van der Waals surface area (Å²) in [7, 11) is 0. The van der Waals surface area contributed by atoms with Crippen LogP contribution in [0.2, 0.25) is 0 Å². The molecule has 0 saturated carbocycles. The molecule has 38 heavy (non-hydrogen) atoms. The highest BCUT2D eigenvalue weighted by Gasteiger charge is 2.41. The molecular weight excluding hydrogens is 484 g/mol. The molecule has 0 spiro atoms. The highest BCUT2D eigenvalue weighted by atomic mass is 16.7. The second-order valence-corrected chi connectivity index (χ2v) is 11.4. The number of aryl methyl sites for hydroxylation is 2. The molecule has 0 radical (unpaired) electrons. The molecule has 3 heterocycles. The summed E-state index contributed by atoms with van der Waals surface area (Å²) < 4.78 is 5.60. The number of carbonyl (C=O) groups excluding carboxylic acids is 3. The van der Waals surface area contributed by atoms with Crippen LogP contribution in [-0.4, -0.2) is 63.7 Å². The standard InChI is InChI=1S/C29H36N4O5/c1-18-10-8-14-30-25(18)33(21-11-9-15-32(17-21)27(36)37-28(3,4)5)26(35)22-13-12-20(16-19(22)2)23-24(34)29(6,7)38-31-23/h8,10,12-14,16,21H,9,11,15,17H2,1-7H3/t21-/m1/s1. The molecule has 202 valence electrons. The summed E-state index contributed by atoms with van der Waals surface area (Å²) in [5, 5.41) is 3.99. The van der Waals surface area contributed by atoms with E-state index in [9.17, 15) is 14.4 Å². The summed E-state index contributed by atoms with van der Waals surface area (Å²) in [6.07, 6.45) is 2.73. The molecule has 0 aliphatic carbocycles. The summed E-state index contributed by atoms with van der Waals surface area (Å²) in [6, 6.07) is 8.68. The number of benzene rings is 1. The predicted molar refractivity (Wildman–Crippen MR) is 144 cm³/mol. The maximum absolute atomic E-state index is 14.2. The SMILES string of the molecule is Cc1cc(C2=NOC(C)(C)C2=O)ccc1C(=O)N(c1ncccc1C)[C@@H]1CCCN(C(=O)OC(C)(C)C)C1. The molecular formula is C29H36N4O5. The molecule has 2 amide bonds.